The van der Waals surface area contributed by atoms with Gasteiger partial charge in [-0.15, -0.1) is 0 Å². The Hall–Kier alpha value is -4.10. The first kappa shape index (κ1) is 26.1. The van der Waals surface area contributed by atoms with Crippen molar-refractivity contribution in [3.8, 4) is 27.9 Å². The van der Waals surface area contributed by atoms with E-state index in [1.54, 1.807) is 0 Å². The van der Waals surface area contributed by atoms with Gasteiger partial charge in [0.15, 0.2) is 0 Å². The van der Waals surface area contributed by atoms with Crippen LogP contribution >= 0.6 is 0 Å². The monoisotopic (exact) mass is 521 g/mol. The lowest BCUT2D eigenvalue weighted by molar-refractivity contribution is 0.412. The molecule has 0 unspecified atom stereocenters. The van der Waals surface area contributed by atoms with Crippen molar-refractivity contribution in [3.63, 3.8) is 0 Å². The van der Waals surface area contributed by atoms with E-state index in [0.29, 0.717) is 0 Å². The maximum atomic E-state index is 2.45. The first-order chi connectivity index (χ1) is 19.1. The van der Waals surface area contributed by atoms with Gasteiger partial charge < -0.3 is 4.57 Å². The summed E-state index contributed by atoms with van der Waals surface area (Å²) in [7, 11) is 0. The minimum atomic E-state index is 0.0431. The Bertz CT molecular complexity index is 1750. The molecule has 0 spiro atoms. The molecule has 0 saturated heterocycles. The second-order valence-corrected chi connectivity index (χ2v) is 13.3. The summed E-state index contributed by atoms with van der Waals surface area (Å²) >= 11 is 0. The van der Waals surface area contributed by atoms with E-state index in [2.05, 4.69) is 161 Å². The number of aromatic nitrogens is 1. The summed E-state index contributed by atoms with van der Waals surface area (Å²) in [6.07, 6.45) is 1.01. The van der Waals surface area contributed by atoms with Crippen LogP contribution in [0.3, 0.4) is 0 Å². The maximum Gasteiger partial charge on any atom is 0.0541 e. The van der Waals surface area contributed by atoms with Gasteiger partial charge >= 0.3 is 0 Å². The molecule has 0 fully saturated rings. The van der Waals surface area contributed by atoms with Crippen molar-refractivity contribution in [2.45, 2.75) is 53.4 Å². The van der Waals surface area contributed by atoms with Gasteiger partial charge in [0.2, 0.25) is 0 Å². The molecule has 1 heteroatoms. The Morgan fingerprint density at radius 2 is 1.00 bits per heavy atom. The minimum Gasteiger partial charge on any atom is -0.309 e. The third-order valence-electron chi connectivity index (χ3n) is 7.92. The summed E-state index contributed by atoms with van der Waals surface area (Å²) in [5.74, 6) is 0. The molecule has 200 valence electrons. The van der Waals surface area contributed by atoms with Gasteiger partial charge in [-0.2, -0.15) is 0 Å². The van der Waals surface area contributed by atoms with Crippen LogP contribution in [0.4, 0.5) is 0 Å². The van der Waals surface area contributed by atoms with Crippen LogP contribution in [0.25, 0.3) is 49.7 Å². The maximum absolute atomic E-state index is 2.45. The minimum absolute atomic E-state index is 0.0431. The highest BCUT2D eigenvalue weighted by atomic mass is 15.0. The highest BCUT2D eigenvalue weighted by Crippen LogP contribution is 2.41. The summed E-state index contributed by atoms with van der Waals surface area (Å²) in [4.78, 5) is 0. The number of hydrogen-bond acceptors (Lipinski definition) is 0. The molecule has 0 radical (unpaired) electrons. The highest BCUT2D eigenvalue weighted by molar-refractivity contribution is 6.09. The molecular weight excluding hydrogens is 482 g/mol. The largest absolute Gasteiger partial charge is 0.309 e. The third kappa shape index (κ3) is 4.86. The van der Waals surface area contributed by atoms with Crippen molar-refractivity contribution in [3.05, 3.63) is 126 Å². The van der Waals surface area contributed by atoms with Gasteiger partial charge in [0.25, 0.3) is 0 Å². The van der Waals surface area contributed by atoms with Crippen molar-refractivity contribution in [2.24, 2.45) is 5.41 Å². The Balaban J connectivity index is 1.56. The van der Waals surface area contributed by atoms with E-state index < -0.39 is 0 Å². The summed E-state index contributed by atoms with van der Waals surface area (Å²) < 4.78 is 2.39. The Morgan fingerprint density at radius 3 is 1.50 bits per heavy atom. The van der Waals surface area contributed by atoms with Gasteiger partial charge in [0.05, 0.1) is 11.0 Å². The van der Waals surface area contributed by atoms with E-state index in [0.717, 1.165) is 6.42 Å². The average molecular weight is 522 g/mol. The van der Waals surface area contributed by atoms with Crippen molar-refractivity contribution in [1.82, 2.24) is 4.57 Å². The predicted octanol–water partition coefficient (Wildman–Crippen LogP) is 11.0. The SMILES string of the molecule is CC(C)(C)Cc1c(-c2ccccc2)cc(C(C)(C)C)cc1-c1ccc(-n2c3ccccc3c3ccccc32)cc1. The zero-order chi connectivity index (χ0) is 28.1. The molecule has 1 nitrogen and oxygen atoms in total. The van der Waals surface area contributed by atoms with Crippen molar-refractivity contribution in [2.75, 3.05) is 0 Å². The molecule has 0 bridgehead atoms. The molecule has 1 aromatic heterocycles. The van der Waals surface area contributed by atoms with Gasteiger partial charge in [-0.1, -0.05) is 133 Å². The van der Waals surface area contributed by atoms with Crippen LogP contribution < -0.4 is 0 Å². The van der Waals surface area contributed by atoms with Gasteiger partial charge in [-0.05, 0) is 74.9 Å². The fourth-order valence-corrected chi connectivity index (χ4v) is 5.95. The number of hydrogen-bond donors (Lipinski definition) is 0. The normalized spacial score (nSPS) is 12.3. The molecule has 6 rings (SSSR count). The van der Waals surface area contributed by atoms with Crippen LogP contribution in [0.1, 0.15) is 52.7 Å². The summed E-state index contributed by atoms with van der Waals surface area (Å²) in [5.41, 5.74) is 11.9. The highest BCUT2D eigenvalue weighted by Gasteiger charge is 2.24. The summed E-state index contributed by atoms with van der Waals surface area (Å²) in [6, 6.07) is 42.5. The Morgan fingerprint density at radius 1 is 0.525 bits per heavy atom. The van der Waals surface area contributed by atoms with E-state index in [4.69, 9.17) is 0 Å². The Labute approximate surface area is 239 Å². The lowest BCUT2D eigenvalue weighted by Crippen LogP contribution is -2.15. The van der Waals surface area contributed by atoms with E-state index in [-0.39, 0.29) is 10.8 Å². The quantitative estimate of drug-likeness (QED) is 0.217. The first-order valence-electron chi connectivity index (χ1n) is 14.4. The second-order valence-electron chi connectivity index (χ2n) is 13.3. The second kappa shape index (κ2) is 9.82. The van der Waals surface area contributed by atoms with Crippen molar-refractivity contribution >= 4 is 21.8 Å². The zero-order valence-corrected chi connectivity index (χ0v) is 24.6. The van der Waals surface area contributed by atoms with Gasteiger partial charge in [-0.3, -0.25) is 0 Å². The first-order valence-corrected chi connectivity index (χ1v) is 14.4. The Kier molecular flexibility index (Phi) is 6.42. The molecule has 0 atom stereocenters. The molecule has 0 aliphatic rings. The molecule has 40 heavy (non-hydrogen) atoms. The van der Waals surface area contributed by atoms with Crippen LogP contribution in [0.5, 0.6) is 0 Å². The molecular formula is C39H39N. The number of benzene rings is 5. The molecule has 0 N–H and O–H groups in total. The third-order valence-corrected chi connectivity index (χ3v) is 7.92. The lowest BCUT2D eigenvalue weighted by atomic mass is 9.77. The molecule has 6 aromatic rings. The number of rotatable bonds is 4. The molecule has 1 heterocycles. The van der Waals surface area contributed by atoms with Crippen LogP contribution in [-0.2, 0) is 11.8 Å². The summed E-state index contributed by atoms with van der Waals surface area (Å²) in [6.45, 7) is 14.0. The van der Waals surface area contributed by atoms with Crippen LogP contribution in [-0.4, -0.2) is 4.57 Å². The summed E-state index contributed by atoms with van der Waals surface area (Å²) in [5, 5.41) is 2.58. The average Bonchev–Trinajstić information content (AvgIpc) is 3.27. The van der Waals surface area contributed by atoms with Crippen molar-refractivity contribution in [1.29, 1.82) is 0 Å². The van der Waals surface area contributed by atoms with Crippen LogP contribution in [0.2, 0.25) is 0 Å². The zero-order valence-electron chi connectivity index (χ0n) is 24.6. The fraction of sp³-hybridized carbons (Fsp3) is 0.231. The fourth-order valence-electron chi connectivity index (χ4n) is 5.95. The van der Waals surface area contributed by atoms with E-state index in [1.807, 2.05) is 0 Å². The van der Waals surface area contributed by atoms with Crippen LogP contribution in [0.15, 0.2) is 115 Å². The molecule has 0 aliphatic heterocycles. The topological polar surface area (TPSA) is 4.93 Å². The van der Waals surface area contributed by atoms with E-state index in [1.165, 1.54) is 60.9 Å². The number of para-hydroxylation sites is 2. The number of fused-ring (bicyclic) bond motifs is 3. The predicted molar refractivity (Wildman–Crippen MR) is 174 cm³/mol. The van der Waals surface area contributed by atoms with E-state index in [9.17, 15) is 0 Å². The van der Waals surface area contributed by atoms with Crippen molar-refractivity contribution < 1.29 is 0 Å². The van der Waals surface area contributed by atoms with Gasteiger partial charge in [0, 0.05) is 16.5 Å². The molecule has 5 aromatic carbocycles. The lowest BCUT2D eigenvalue weighted by Gasteiger charge is -2.28. The molecule has 0 aliphatic carbocycles. The van der Waals surface area contributed by atoms with Crippen LogP contribution in [0, 0.1) is 5.41 Å². The number of nitrogens with zero attached hydrogens (tertiary/aromatic N) is 1. The molecule has 0 saturated carbocycles. The standard InChI is InChI=1S/C39H39N/c1-38(2,3)26-35-33(27-14-8-7-9-15-27)24-29(39(4,5)6)25-34(35)28-20-22-30(23-21-28)40-36-18-12-10-16-31(36)32-17-11-13-19-37(32)40/h7-25H,26H2,1-6H3. The van der Waals surface area contributed by atoms with Gasteiger partial charge in [-0.25, -0.2) is 0 Å². The smallest absolute Gasteiger partial charge is 0.0541 e. The molecule has 0 amide bonds. The van der Waals surface area contributed by atoms with E-state index >= 15 is 0 Å². The van der Waals surface area contributed by atoms with Gasteiger partial charge in [0.1, 0.15) is 0 Å².